The molecule has 19 heavy (non-hydrogen) atoms. The molecule has 0 aliphatic rings. The summed E-state index contributed by atoms with van der Waals surface area (Å²) in [5.41, 5.74) is 2.97. The number of aromatic nitrogens is 1. The predicted molar refractivity (Wildman–Crippen MR) is 75.9 cm³/mol. The van der Waals surface area contributed by atoms with Gasteiger partial charge in [-0.3, -0.25) is 0 Å². The molecular formula is C15H22N2O2. The molecule has 0 aliphatic carbocycles. The Morgan fingerprint density at radius 1 is 1.42 bits per heavy atom. The van der Waals surface area contributed by atoms with Crippen LogP contribution in [0.15, 0.2) is 22.6 Å². The average Bonchev–Trinajstić information content (AvgIpc) is 2.75. The smallest absolute Gasteiger partial charge is 0.192 e. The molecule has 0 radical (unpaired) electrons. The van der Waals surface area contributed by atoms with Gasteiger partial charge in [0.2, 0.25) is 0 Å². The van der Waals surface area contributed by atoms with Crippen LogP contribution < -0.4 is 0 Å². The van der Waals surface area contributed by atoms with Crippen LogP contribution in [0, 0.1) is 12.8 Å². The van der Waals surface area contributed by atoms with Crippen LogP contribution in [0.25, 0.3) is 11.1 Å². The van der Waals surface area contributed by atoms with Crippen molar-refractivity contribution in [3.63, 3.8) is 0 Å². The van der Waals surface area contributed by atoms with Crippen LogP contribution in [0.4, 0.5) is 0 Å². The summed E-state index contributed by atoms with van der Waals surface area (Å²) < 4.78 is 5.47. The van der Waals surface area contributed by atoms with Crippen molar-refractivity contribution in [1.29, 1.82) is 0 Å². The number of fused-ring (bicyclic) bond motifs is 1. The number of aliphatic hydroxyl groups excluding tert-OH is 1. The monoisotopic (exact) mass is 262 g/mol. The van der Waals surface area contributed by atoms with Crippen LogP contribution >= 0.6 is 0 Å². The molecule has 0 aliphatic heterocycles. The van der Waals surface area contributed by atoms with E-state index in [0.29, 0.717) is 11.8 Å². The number of aliphatic hydroxyl groups is 1. The lowest BCUT2D eigenvalue weighted by Crippen LogP contribution is -2.26. The van der Waals surface area contributed by atoms with Gasteiger partial charge in [0, 0.05) is 26.6 Å². The SMILES string of the molecule is CCC(CO)CN(C)Cc1ccc2oc(C)nc2c1. The molecule has 0 bridgehead atoms. The van der Waals surface area contributed by atoms with Gasteiger partial charge in [-0.25, -0.2) is 4.98 Å². The Hall–Kier alpha value is -1.39. The Bertz CT molecular complexity index is 532. The lowest BCUT2D eigenvalue weighted by atomic mass is 10.1. The zero-order chi connectivity index (χ0) is 13.8. The minimum absolute atomic E-state index is 0.252. The summed E-state index contributed by atoms with van der Waals surface area (Å²) in [5, 5.41) is 9.24. The van der Waals surface area contributed by atoms with E-state index < -0.39 is 0 Å². The summed E-state index contributed by atoms with van der Waals surface area (Å²) in [6.45, 7) is 5.99. The Morgan fingerprint density at radius 2 is 2.21 bits per heavy atom. The van der Waals surface area contributed by atoms with Gasteiger partial charge in [0.05, 0.1) is 0 Å². The van der Waals surface area contributed by atoms with E-state index in [0.717, 1.165) is 30.6 Å². The summed E-state index contributed by atoms with van der Waals surface area (Å²) in [6, 6.07) is 6.12. The van der Waals surface area contributed by atoms with Crippen molar-refractivity contribution >= 4 is 11.1 Å². The number of hydrogen-bond acceptors (Lipinski definition) is 4. The van der Waals surface area contributed by atoms with Gasteiger partial charge in [0.1, 0.15) is 5.52 Å². The third kappa shape index (κ3) is 3.55. The first-order valence-corrected chi connectivity index (χ1v) is 6.77. The maximum atomic E-state index is 9.24. The third-order valence-electron chi connectivity index (χ3n) is 3.42. The second-order valence-corrected chi connectivity index (χ2v) is 5.19. The van der Waals surface area contributed by atoms with Crippen molar-refractivity contribution in [2.75, 3.05) is 20.2 Å². The normalized spacial score (nSPS) is 13.3. The summed E-state index contributed by atoms with van der Waals surface area (Å²) in [6.07, 6.45) is 1.00. The molecule has 1 N–H and O–H groups in total. The van der Waals surface area contributed by atoms with Crippen molar-refractivity contribution in [3.8, 4) is 0 Å². The van der Waals surface area contributed by atoms with Gasteiger partial charge in [-0.2, -0.15) is 0 Å². The van der Waals surface area contributed by atoms with Crippen molar-refractivity contribution in [1.82, 2.24) is 9.88 Å². The van der Waals surface area contributed by atoms with E-state index in [9.17, 15) is 5.11 Å². The molecular weight excluding hydrogens is 240 g/mol. The largest absolute Gasteiger partial charge is 0.441 e. The topological polar surface area (TPSA) is 49.5 Å². The highest BCUT2D eigenvalue weighted by Gasteiger charge is 2.10. The van der Waals surface area contributed by atoms with Crippen molar-refractivity contribution in [2.24, 2.45) is 5.92 Å². The van der Waals surface area contributed by atoms with Crippen molar-refractivity contribution in [2.45, 2.75) is 26.8 Å². The van der Waals surface area contributed by atoms with E-state index in [1.807, 2.05) is 13.0 Å². The number of aryl methyl sites for hydroxylation is 1. The van der Waals surface area contributed by atoms with Gasteiger partial charge in [0.15, 0.2) is 11.5 Å². The Kier molecular flexibility index (Phi) is 4.56. The number of hydrogen-bond donors (Lipinski definition) is 1. The fourth-order valence-electron chi connectivity index (χ4n) is 2.32. The van der Waals surface area contributed by atoms with E-state index in [-0.39, 0.29) is 6.61 Å². The van der Waals surface area contributed by atoms with E-state index in [1.165, 1.54) is 5.56 Å². The van der Waals surface area contributed by atoms with Crippen molar-refractivity contribution < 1.29 is 9.52 Å². The molecule has 2 aromatic rings. The molecule has 1 unspecified atom stereocenters. The van der Waals surface area contributed by atoms with Crippen LogP contribution in [0.5, 0.6) is 0 Å². The molecule has 1 aromatic carbocycles. The van der Waals surface area contributed by atoms with Crippen LogP contribution in [0.2, 0.25) is 0 Å². The lowest BCUT2D eigenvalue weighted by molar-refractivity contribution is 0.173. The summed E-state index contributed by atoms with van der Waals surface area (Å²) >= 11 is 0. The Labute approximate surface area is 114 Å². The highest BCUT2D eigenvalue weighted by Crippen LogP contribution is 2.18. The molecule has 0 spiro atoms. The molecule has 0 saturated heterocycles. The second kappa shape index (κ2) is 6.17. The minimum atomic E-state index is 0.252. The first kappa shape index (κ1) is 14.0. The van der Waals surface area contributed by atoms with Crippen molar-refractivity contribution in [3.05, 3.63) is 29.7 Å². The number of benzene rings is 1. The average molecular weight is 262 g/mol. The van der Waals surface area contributed by atoms with Gasteiger partial charge in [-0.15, -0.1) is 0 Å². The van der Waals surface area contributed by atoms with Crippen LogP contribution in [-0.2, 0) is 6.54 Å². The summed E-state index contributed by atoms with van der Waals surface area (Å²) in [7, 11) is 2.08. The highest BCUT2D eigenvalue weighted by molar-refractivity contribution is 5.73. The molecule has 104 valence electrons. The van der Waals surface area contributed by atoms with Gasteiger partial charge >= 0.3 is 0 Å². The van der Waals surface area contributed by atoms with Crippen LogP contribution in [0.1, 0.15) is 24.8 Å². The van der Waals surface area contributed by atoms with E-state index >= 15 is 0 Å². The fourth-order valence-corrected chi connectivity index (χ4v) is 2.32. The zero-order valence-electron chi connectivity index (χ0n) is 11.9. The van der Waals surface area contributed by atoms with Gasteiger partial charge < -0.3 is 14.4 Å². The van der Waals surface area contributed by atoms with Crippen LogP contribution in [-0.4, -0.2) is 35.2 Å². The molecule has 1 aromatic heterocycles. The first-order valence-electron chi connectivity index (χ1n) is 6.77. The molecule has 1 heterocycles. The maximum absolute atomic E-state index is 9.24. The van der Waals surface area contributed by atoms with Gasteiger partial charge in [-0.05, 0) is 37.1 Å². The van der Waals surface area contributed by atoms with E-state index in [1.54, 1.807) is 0 Å². The molecule has 4 nitrogen and oxygen atoms in total. The Balaban J connectivity index is 2.03. The Morgan fingerprint density at radius 3 is 2.89 bits per heavy atom. The zero-order valence-corrected chi connectivity index (χ0v) is 11.9. The molecule has 2 rings (SSSR count). The molecule has 4 heteroatoms. The quantitative estimate of drug-likeness (QED) is 0.869. The maximum Gasteiger partial charge on any atom is 0.192 e. The van der Waals surface area contributed by atoms with Gasteiger partial charge in [0.25, 0.3) is 0 Å². The minimum Gasteiger partial charge on any atom is -0.441 e. The molecule has 0 fully saturated rings. The summed E-state index contributed by atoms with van der Waals surface area (Å²) in [4.78, 5) is 6.58. The van der Waals surface area contributed by atoms with Gasteiger partial charge in [-0.1, -0.05) is 13.0 Å². The predicted octanol–water partition coefficient (Wildman–Crippen LogP) is 2.59. The van der Waals surface area contributed by atoms with Crippen LogP contribution in [0.3, 0.4) is 0 Å². The molecule has 1 atom stereocenters. The highest BCUT2D eigenvalue weighted by atomic mass is 16.3. The first-order chi connectivity index (χ1) is 9.12. The number of oxazole rings is 1. The number of nitrogens with zero attached hydrogens (tertiary/aromatic N) is 2. The second-order valence-electron chi connectivity index (χ2n) is 5.19. The van der Waals surface area contributed by atoms with E-state index in [4.69, 9.17) is 4.42 Å². The summed E-state index contributed by atoms with van der Waals surface area (Å²) in [5.74, 6) is 1.05. The van der Waals surface area contributed by atoms with E-state index in [2.05, 4.69) is 36.0 Å². The fraction of sp³-hybridized carbons (Fsp3) is 0.533. The third-order valence-corrected chi connectivity index (χ3v) is 3.42. The lowest BCUT2D eigenvalue weighted by Gasteiger charge is -2.21. The standard InChI is InChI=1S/C15H22N2O2/c1-4-12(10-18)8-17(3)9-13-5-6-15-14(7-13)16-11(2)19-15/h5-7,12,18H,4,8-10H2,1-3H3. The number of rotatable bonds is 6. The molecule has 0 amide bonds. The molecule has 0 saturated carbocycles.